The lowest BCUT2D eigenvalue weighted by atomic mass is 9.88. The Morgan fingerprint density at radius 2 is 1.44 bits per heavy atom. The number of nitrogens with zero attached hydrogens (tertiary/aromatic N) is 3. The highest BCUT2D eigenvalue weighted by Gasteiger charge is 2.47. The summed E-state index contributed by atoms with van der Waals surface area (Å²) in [6, 6.07) is 19.2. The summed E-state index contributed by atoms with van der Waals surface area (Å²) in [5.41, 5.74) is 12.2. The zero-order chi connectivity index (χ0) is 30.3. The number of ether oxygens (including phenoxy) is 2. The predicted octanol–water partition coefficient (Wildman–Crippen LogP) is 6.29. The van der Waals surface area contributed by atoms with Gasteiger partial charge in [-0.15, -0.1) is 0 Å². The van der Waals surface area contributed by atoms with Gasteiger partial charge in [0.15, 0.2) is 0 Å². The van der Waals surface area contributed by atoms with E-state index in [0.717, 1.165) is 52.9 Å². The molecule has 1 atom stereocenters. The van der Waals surface area contributed by atoms with E-state index < -0.39 is 0 Å². The molecule has 2 fully saturated rings. The van der Waals surface area contributed by atoms with E-state index in [9.17, 15) is 4.79 Å². The molecule has 2 saturated heterocycles. The van der Waals surface area contributed by atoms with E-state index >= 15 is 0 Å². The molecule has 0 bridgehead atoms. The monoisotopic (exact) mass is 617 g/mol. The number of nitrogens with one attached hydrogen (secondary N) is 1. The van der Waals surface area contributed by atoms with Gasteiger partial charge in [0.05, 0.1) is 41.2 Å². The highest BCUT2D eigenvalue weighted by Crippen LogP contribution is 2.43. The number of pyridine rings is 2. The second-order valence-corrected chi connectivity index (χ2v) is 12.0. The average molecular weight is 619 g/mol. The van der Waals surface area contributed by atoms with Crippen molar-refractivity contribution in [1.29, 1.82) is 0 Å². The minimum Gasteiger partial charge on any atom is -0.481 e. The summed E-state index contributed by atoms with van der Waals surface area (Å²) in [5, 5.41) is 4.18. The largest absolute Gasteiger partial charge is 0.481 e. The first kappa shape index (κ1) is 29.4. The van der Waals surface area contributed by atoms with E-state index in [-0.39, 0.29) is 17.5 Å². The highest BCUT2D eigenvalue weighted by atomic mass is 35.5. The van der Waals surface area contributed by atoms with E-state index in [1.54, 1.807) is 14.2 Å². The zero-order valence-corrected chi connectivity index (χ0v) is 25.8. The summed E-state index contributed by atoms with van der Waals surface area (Å²) < 4.78 is 11.2. The molecule has 2 aromatic carbocycles. The second-order valence-electron chi connectivity index (χ2n) is 11.3. The van der Waals surface area contributed by atoms with Crippen molar-refractivity contribution in [2.24, 2.45) is 5.73 Å². The summed E-state index contributed by atoms with van der Waals surface area (Å²) in [7, 11) is 3.20. The van der Waals surface area contributed by atoms with Crippen molar-refractivity contribution in [2.75, 3.05) is 27.3 Å². The maximum atomic E-state index is 11.7. The normalized spacial score (nSPS) is 16.6. The summed E-state index contributed by atoms with van der Waals surface area (Å²) in [6.45, 7) is 4.24. The van der Waals surface area contributed by atoms with E-state index in [1.807, 2.05) is 67.6 Å². The lowest BCUT2D eigenvalue weighted by Crippen LogP contribution is -2.66. The fraction of sp³-hybridized carbons (Fsp3) is 0.303. The van der Waals surface area contributed by atoms with Gasteiger partial charge in [-0.3, -0.25) is 9.69 Å². The quantitative estimate of drug-likeness (QED) is 0.240. The first-order valence-electron chi connectivity index (χ1n) is 14.2. The maximum Gasteiger partial charge on any atom is 0.220 e. The summed E-state index contributed by atoms with van der Waals surface area (Å²) in [4.78, 5) is 23.5. The SMILES string of the molecule is COc1nc(-c2cccc(-c3cccc(-c4ccc([C@H](C)N)c(OC)n4)c3Cl)c2Cl)ccc1CN1CC2(CCC(=O)N2)C1. The van der Waals surface area contributed by atoms with E-state index in [1.165, 1.54) is 0 Å². The van der Waals surface area contributed by atoms with Gasteiger partial charge in [0.2, 0.25) is 17.7 Å². The smallest absolute Gasteiger partial charge is 0.220 e. The molecule has 6 rings (SSSR count). The standard InChI is InChI=1S/C33H33Cl2N5O3/c1-19(36)21-11-13-27(38-32(21)43-3)25-9-5-7-23(30(25)35)22-6-4-8-24(29(22)34)26-12-10-20(31(37-26)42-2)16-40-17-33(18-40)15-14-28(41)39-33/h4-13,19H,14-18,36H2,1-3H3,(H,39,41)/t19-/m0/s1. The van der Waals surface area contributed by atoms with Crippen molar-refractivity contribution in [3.8, 4) is 45.4 Å². The minimum absolute atomic E-state index is 0.0706. The van der Waals surface area contributed by atoms with Crippen LogP contribution in [0.4, 0.5) is 0 Å². The van der Waals surface area contributed by atoms with Gasteiger partial charge in [-0.1, -0.05) is 65.7 Å². The third kappa shape index (κ3) is 5.56. The molecule has 0 aliphatic carbocycles. The first-order valence-corrected chi connectivity index (χ1v) is 14.9. The van der Waals surface area contributed by atoms with Crippen LogP contribution in [0.1, 0.15) is 36.9 Å². The minimum atomic E-state index is -0.217. The lowest BCUT2D eigenvalue weighted by Gasteiger charge is -2.48. The molecule has 10 heteroatoms. The molecule has 222 valence electrons. The van der Waals surface area contributed by atoms with Crippen molar-refractivity contribution in [2.45, 2.75) is 37.9 Å². The van der Waals surface area contributed by atoms with Crippen LogP contribution in [0.25, 0.3) is 33.6 Å². The third-order valence-corrected chi connectivity index (χ3v) is 9.04. The van der Waals surface area contributed by atoms with Crippen molar-refractivity contribution in [3.63, 3.8) is 0 Å². The van der Waals surface area contributed by atoms with Crippen LogP contribution in [0.15, 0.2) is 60.7 Å². The van der Waals surface area contributed by atoms with Crippen molar-refractivity contribution >= 4 is 29.1 Å². The number of benzene rings is 2. The number of nitrogens with two attached hydrogens (primary N) is 1. The second kappa shape index (κ2) is 11.8. The maximum absolute atomic E-state index is 11.7. The molecule has 2 aliphatic rings. The van der Waals surface area contributed by atoms with Crippen LogP contribution < -0.4 is 20.5 Å². The average Bonchev–Trinajstić information content (AvgIpc) is 3.39. The van der Waals surface area contributed by atoms with Gasteiger partial charge < -0.3 is 20.5 Å². The number of halogens is 2. The molecule has 0 radical (unpaired) electrons. The molecule has 2 aliphatic heterocycles. The van der Waals surface area contributed by atoms with Gasteiger partial charge in [0.1, 0.15) is 0 Å². The molecule has 8 nitrogen and oxygen atoms in total. The van der Waals surface area contributed by atoms with Gasteiger partial charge in [-0.2, -0.15) is 0 Å². The predicted molar refractivity (Wildman–Crippen MR) is 169 cm³/mol. The molecule has 1 amide bonds. The molecule has 3 N–H and O–H groups in total. The number of carbonyl (C=O) groups is 1. The summed E-state index contributed by atoms with van der Waals surface area (Å²) in [6.07, 6.45) is 1.50. The molecule has 4 heterocycles. The number of rotatable bonds is 8. The summed E-state index contributed by atoms with van der Waals surface area (Å²) in [5.74, 6) is 1.16. The number of amides is 1. The molecular formula is C33H33Cl2N5O3. The molecule has 0 saturated carbocycles. The van der Waals surface area contributed by atoms with Crippen LogP contribution in [0.2, 0.25) is 10.0 Å². The Morgan fingerprint density at radius 3 is 1.98 bits per heavy atom. The Balaban J connectivity index is 1.29. The van der Waals surface area contributed by atoms with E-state index in [2.05, 4.69) is 15.2 Å². The number of hydrogen-bond donors (Lipinski definition) is 2. The molecule has 1 spiro atoms. The third-order valence-electron chi connectivity index (χ3n) is 8.23. The van der Waals surface area contributed by atoms with E-state index in [0.29, 0.717) is 46.2 Å². The summed E-state index contributed by atoms with van der Waals surface area (Å²) >= 11 is 14.1. The van der Waals surface area contributed by atoms with Crippen LogP contribution >= 0.6 is 23.2 Å². The van der Waals surface area contributed by atoms with Crippen molar-refractivity contribution in [1.82, 2.24) is 20.2 Å². The Labute approximate surface area is 261 Å². The van der Waals surface area contributed by atoms with Gasteiger partial charge >= 0.3 is 0 Å². The molecule has 4 aromatic rings. The Morgan fingerprint density at radius 1 is 0.884 bits per heavy atom. The van der Waals surface area contributed by atoms with Gasteiger partial charge in [0.25, 0.3) is 0 Å². The van der Waals surface area contributed by atoms with Crippen LogP contribution in [0.3, 0.4) is 0 Å². The molecular weight excluding hydrogens is 585 g/mol. The Bertz CT molecular complexity index is 1700. The lowest BCUT2D eigenvalue weighted by molar-refractivity contribution is -0.120. The molecule has 0 unspecified atom stereocenters. The topological polar surface area (TPSA) is 103 Å². The number of hydrogen-bond acceptors (Lipinski definition) is 7. The highest BCUT2D eigenvalue weighted by molar-refractivity contribution is 6.39. The van der Waals surface area contributed by atoms with Crippen LogP contribution in [0.5, 0.6) is 11.8 Å². The number of methoxy groups -OCH3 is 2. The van der Waals surface area contributed by atoms with Gasteiger partial charge in [-0.05, 0) is 31.5 Å². The number of carbonyl (C=O) groups excluding carboxylic acids is 1. The molecule has 43 heavy (non-hydrogen) atoms. The van der Waals surface area contributed by atoms with Crippen molar-refractivity contribution < 1.29 is 14.3 Å². The van der Waals surface area contributed by atoms with Gasteiger partial charge in [-0.25, -0.2) is 9.97 Å². The van der Waals surface area contributed by atoms with E-state index in [4.69, 9.17) is 43.4 Å². The first-order chi connectivity index (χ1) is 20.7. The van der Waals surface area contributed by atoms with Crippen LogP contribution in [-0.2, 0) is 11.3 Å². The fourth-order valence-corrected chi connectivity index (χ4v) is 6.73. The Kier molecular flexibility index (Phi) is 8.04. The molecule has 2 aromatic heterocycles. The van der Waals surface area contributed by atoms with Gasteiger partial charge in [0, 0.05) is 65.5 Å². The van der Waals surface area contributed by atoms with Crippen molar-refractivity contribution in [3.05, 3.63) is 81.8 Å². The van der Waals surface area contributed by atoms with Crippen LogP contribution in [0, 0.1) is 0 Å². The number of likely N-dealkylation sites (tertiary alicyclic amines) is 1. The zero-order valence-electron chi connectivity index (χ0n) is 24.3. The van der Waals surface area contributed by atoms with Crippen LogP contribution in [-0.4, -0.2) is 53.6 Å². The Hall–Kier alpha value is -3.69. The fourth-order valence-electron chi connectivity index (χ4n) is 6.08. The number of aromatic nitrogens is 2.